The van der Waals surface area contributed by atoms with Crippen LogP contribution in [0.3, 0.4) is 0 Å². The largest absolute Gasteiger partial charge is 0.384 e. The molecular formula is C19H18N6OS. The van der Waals surface area contributed by atoms with Crippen LogP contribution in [0.15, 0.2) is 58.2 Å². The summed E-state index contributed by atoms with van der Waals surface area (Å²) in [7, 11) is 0. The van der Waals surface area contributed by atoms with E-state index in [4.69, 9.17) is 5.73 Å². The quantitative estimate of drug-likeness (QED) is 0.790. The average molecular weight is 378 g/mol. The van der Waals surface area contributed by atoms with Crippen LogP contribution in [0, 0.1) is 11.3 Å². The normalized spacial score (nSPS) is 19.9. The molecule has 1 aliphatic carbocycles. The van der Waals surface area contributed by atoms with E-state index < -0.39 is 5.92 Å². The highest BCUT2D eigenvalue weighted by Crippen LogP contribution is 2.45. The molecule has 0 saturated carbocycles. The number of nitrogens with zero attached hydrogens (tertiary/aromatic N) is 4. The molecule has 0 bridgehead atoms. The van der Waals surface area contributed by atoms with Gasteiger partial charge in [0, 0.05) is 22.6 Å². The topological polar surface area (TPSA) is 112 Å². The second kappa shape index (κ2) is 6.93. The molecule has 4 rings (SSSR count). The van der Waals surface area contributed by atoms with Crippen LogP contribution in [0.2, 0.25) is 0 Å². The van der Waals surface area contributed by atoms with Crippen LogP contribution in [0.1, 0.15) is 30.7 Å². The lowest BCUT2D eigenvalue weighted by Gasteiger charge is -2.38. The number of nitriles is 1. The molecule has 0 saturated heterocycles. The van der Waals surface area contributed by atoms with Gasteiger partial charge in [-0.05, 0) is 36.8 Å². The number of aromatic nitrogens is 3. The van der Waals surface area contributed by atoms with Gasteiger partial charge >= 0.3 is 0 Å². The average Bonchev–Trinajstić information content (AvgIpc) is 3.21. The number of H-pyrrole nitrogens is 1. The molecule has 0 radical (unpaired) electrons. The summed E-state index contributed by atoms with van der Waals surface area (Å²) in [6.07, 6.45) is 5.30. The molecule has 1 aliphatic heterocycles. The molecule has 1 atom stereocenters. The van der Waals surface area contributed by atoms with Gasteiger partial charge in [-0.1, -0.05) is 12.1 Å². The van der Waals surface area contributed by atoms with Crippen molar-refractivity contribution in [1.29, 1.82) is 5.26 Å². The zero-order chi connectivity index (χ0) is 19.0. The lowest BCUT2D eigenvalue weighted by Crippen LogP contribution is -2.39. The number of allylic oxidation sites excluding steroid dienone is 3. The van der Waals surface area contributed by atoms with Crippen LogP contribution in [-0.2, 0) is 4.79 Å². The third-order valence-electron chi connectivity index (χ3n) is 4.98. The van der Waals surface area contributed by atoms with E-state index in [0.717, 1.165) is 22.6 Å². The SMILES string of the molecule is CSc1ccc([C@@H]2C(C#N)=C(N)N(c3ncn[nH]3)C3=C2C(=O)CCC3)cc1. The van der Waals surface area contributed by atoms with Gasteiger partial charge in [0.2, 0.25) is 5.95 Å². The number of carbonyl (C=O) groups is 1. The van der Waals surface area contributed by atoms with Crippen LogP contribution in [0.4, 0.5) is 5.95 Å². The fraction of sp³-hybridized carbons (Fsp3) is 0.263. The Morgan fingerprint density at radius 1 is 1.33 bits per heavy atom. The number of ketones is 1. The maximum absolute atomic E-state index is 12.9. The number of nitrogens with two attached hydrogens (primary N) is 1. The van der Waals surface area contributed by atoms with Crippen molar-refractivity contribution in [3.8, 4) is 6.07 Å². The van der Waals surface area contributed by atoms with Crippen molar-refractivity contribution in [2.24, 2.45) is 5.73 Å². The highest BCUT2D eigenvalue weighted by atomic mass is 32.2. The fourth-order valence-electron chi connectivity index (χ4n) is 3.76. The minimum atomic E-state index is -0.451. The zero-order valence-electron chi connectivity index (χ0n) is 14.8. The summed E-state index contributed by atoms with van der Waals surface area (Å²) in [5, 5.41) is 16.6. The molecule has 1 aromatic heterocycles. The van der Waals surface area contributed by atoms with E-state index in [1.54, 1.807) is 16.7 Å². The molecule has 3 N–H and O–H groups in total. The van der Waals surface area contributed by atoms with E-state index in [0.29, 0.717) is 35.8 Å². The number of thioether (sulfide) groups is 1. The maximum atomic E-state index is 12.9. The number of hydrogen-bond acceptors (Lipinski definition) is 7. The van der Waals surface area contributed by atoms with E-state index in [9.17, 15) is 10.1 Å². The van der Waals surface area contributed by atoms with Gasteiger partial charge in [0.15, 0.2) is 5.78 Å². The third kappa shape index (κ3) is 2.80. The molecule has 0 unspecified atom stereocenters. The second-order valence-corrected chi connectivity index (χ2v) is 7.28. The smallest absolute Gasteiger partial charge is 0.231 e. The number of carbonyl (C=O) groups excluding carboxylic acids is 1. The standard InChI is InChI=1S/C19H18N6OS/c1-27-12-7-5-11(6-8-12)16-13(9-20)18(21)25(19-22-10-23-24-19)14-3-2-4-15(26)17(14)16/h5-8,10,16H,2-4,21H2,1H3,(H,22,23,24)/t16-/m1/s1. The first-order chi connectivity index (χ1) is 13.2. The first-order valence-corrected chi connectivity index (χ1v) is 9.83. The number of aromatic amines is 1. The Morgan fingerprint density at radius 3 is 2.74 bits per heavy atom. The molecule has 2 aliphatic rings. The van der Waals surface area contributed by atoms with Gasteiger partial charge in [0.05, 0.1) is 17.6 Å². The van der Waals surface area contributed by atoms with E-state index in [1.807, 2.05) is 30.5 Å². The van der Waals surface area contributed by atoms with E-state index in [1.165, 1.54) is 6.33 Å². The van der Waals surface area contributed by atoms with E-state index in [2.05, 4.69) is 21.3 Å². The molecule has 2 heterocycles. The van der Waals surface area contributed by atoms with Crippen LogP contribution in [-0.4, -0.2) is 27.2 Å². The van der Waals surface area contributed by atoms with Crippen molar-refractivity contribution in [3.63, 3.8) is 0 Å². The van der Waals surface area contributed by atoms with Crippen LogP contribution < -0.4 is 10.6 Å². The predicted molar refractivity (Wildman–Crippen MR) is 103 cm³/mol. The molecular weight excluding hydrogens is 360 g/mol. The molecule has 27 heavy (non-hydrogen) atoms. The second-order valence-electron chi connectivity index (χ2n) is 6.40. The number of rotatable bonds is 3. The molecule has 0 amide bonds. The summed E-state index contributed by atoms with van der Waals surface area (Å²) in [6, 6.07) is 10.2. The number of Topliss-reactive ketones (excluding diaryl/α,β-unsaturated/α-hetero) is 1. The third-order valence-corrected chi connectivity index (χ3v) is 5.72. The van der Waals surface area contributed by atoms with Gasteiger partial charge < -0.3 is 5.73 Å². The van der Waals surface area contributed by atoms with Crippen molar-refractivity contribution >= 4 is 23.5 Å². The Bertz CT molecular complexity index is 984. The van der Waals surface area contributed by atoms with E-state index >= 15 is 0 Å². The summed E-state index contributed by atoms with van der Waals surface area (Å²) < 4.78 is 0. The van der Waals surface area contributed by atoms with E-state index in [-0.39, 0.29) is 5.78 Å². The molecule has 8 heteroatoms. The highest BCUT2D eigenvalue weighted by molar-refractivity contribution is 7.98. The number of hydrogen-bond donors (Lipinski definition) is 2. The lowest BCUT2D eigenvalue weighted by atomic mass is 9.76. The number of nitrogens with one attached hydrogen (secondary N) is 1. The van der Waals surface area contributed by atoms with Crippen LogP contribution in [0.25, 0.3) is 0 Å². The molecule has 136 valence electrons. The number of benzene rings is 1. The van der Waals surface area contributed by atoms with Crippen LogP contribution >= 0.6 is 11.8 Å². The molecule has 0 spiro atoms. The lowest BCUT2D eigenvalue weighted by molar-refractivity contribution is -0.116. The minimum Gasteiger partial charge on any atom is -0.384 e. The molecule has 7 nitrogen and oxygen atoms in total. The summed E-state index contributed by atoms with van der Waals surface area (Å²) in [5.74, 6) is 0.313. The predicted octanol–water partition coefficient (Wildman–Crippen LogP) is 2.83. The Balaban J connectivity index is 1.93. The monoisotopic (exact) mass is 378 g/mol. The van der Waals surface area contributed by atoms with Gasteiger partial charge in [-0.3, -0.25) is 9.69 Å². The first-order valence-electron chi connectivity index (χ1n) is 8.61. The van der Waals surface area contributed by atoms with Gasteiger partial charge in [-0.15, -0.1) is 11.8 Å². The minimum absolute atomic E-state index is 0.0555. The molecule has 1 aromatic carbocycles. The van der Waals surface area contributed by atoms with Gasteiger partial charge in [-0.2, -0.15) is 15.3 Å². The Hall–Kier alpha value is -3.05. The summed E-state index contributed by atoms with van der Waals surface area (Å²) in [4.78, 5) is 19.9. The summed E-state index contributed by atoms with van der Waals surface area (Å²) in [5.41, 5.74) is 9.10. The number of anilines is 1. The van der Waals surface area contributed by atoms with Crippen molar-refractivity contribution in [2.75, 3.05) is 11.2 Å². The zero-order valence-corrected chi connectivity index (χ0v) is 15.6. The summed E-state index contributed by atoms with van der Waals surface area (Å²) >= 11 is 1.65. The van der Waals surface area contributed by atoms with Crippen LogP contribution in [0.5, 0.6) is 0 Å². The Morgan fingerprint density at radius 2 is 2.11 bits per heavy atom. The molecule has 0 fully saturated rings. The van der Waals surface area contributed by atoms with Crippen molar-refractivity contribution in [3.05, 3.63) is 58.8 Å². The maximum Gasteiger partial charge on any atom is 0.231 e. The van der Waals surface area contributed by atoms with Gasteiger partial charge in [0.25, 0.3) is 0 Å². The van der Waals surface area contributed by atoms with Crippen molar-refractivity contribution in [2.45, 2.75) is 30.1 Å². The summed E-state index contributed by atoms with van der Waals surface area (Å²) in [6.45, 7) is 0. The van der Waals surface area contributed by atoms with Gasteiger partial charge in [0.1, 0.15) is 12.1 Å². The van der Waals surface area contributed by atoms with Crippen molar-refractivity contribution in [1.82, 2.24) is 15.2 Å². The Kier molecular flexibility index (Phi) is 4.46. The molecule has 2 aromatic rings. The van der Waals surface area contributed by atoms with Crippen molar-refractivity contribution < 1.29 is 4.79 Å². The highest BCUT2D eigenvalue weighted by Gasteiger charge is 2.40. The Labute approximate surface area is 161 Å². The first kappa shape index (κ1) is 17.4. The van der Waals surface area contributed by atoms with Gasteiger partial charge in [-0.25, -0.2) is 5.10 Å². The fourth-order valence-corrected chi connectivity index (χ4v) is 4.17.